The minimum absolute atomic E-state index is 0.255. The molecular weight excluding hydrogens is 320 g/mol. The van der Waals surface area contributed by atoms with Crippen molar-refractivity contribution < 1.29 is 9.47 Å². The van der Waals surface area contributed by atoms with Crippen LogP contribution in [0.2, 0.25) is 0 Å². The van der Waals surface area contributed by atoms with Gasteiger partial charge in [-0.3, -0.25) is 0 Å². The van der Waals surface area contributed by atoms with Crippen LogP contribution in [0.3, 0.4) is 0 Å². The summed E-state index contributed by atoms with van der Waals surface area (Å²) in [6, 6.07) is 17.5. The van der Waals surface area contributed by atoms with Crippen molar-refractivity contribution in [2.45, 2.75) is 59.0 Å². The Bertz CT molecular complexity index is 767. The first-order valence-corrected chi connectivity index (χ1v) is 10.0. The standard InChI is InChI=1S/C24H30O2/c1-5-23-17(3)16(2)18(4)24(26-23)22-14-20(11-12-21(22)15-25-24)13-19-9-7-6-8-10-19/h6-12,14,16-18,23H,5,13,15H2,1-4H3. The molecule has 26 heavy (non-hydrogen) atoms. The van der Waals surface area contributed by atoms with E-state index in [1.54, 1.807) is 0 Å². The zero-order chi connectivity index (χ0) is 18.3. The summed E-state index contributed by atoms with van der Waals surface area (Å²) in [5, 5.41) is 0. The Labute approximate surface area is 157 Å². The minimum atomic E-state index is -0.575. The molecule has 2 aromatic rings. The van der Waals surface area contributed by atoms with Gasteiger partial charge >= 0.3 is 0 Å². The topological polar surface area (TPSA) is 18.5 Å². The highest BCUT2D eigenvalue weighted by atomic mass is 16.7. The number of fused-ring (bicyclic) bond motifs is 2. The second-order valence-corrected chi connectivity index (χ2v) is 8.18. The molecule has 2 heteroatoms. The summed E-state index contributed by atoms with van der Waals surface area (Å²) in [5.74, 6) is 0.890. The molecule has 2 aromatic carbocycles. The summed E-state index contributed by atoms with van der Waals surface area (Å²) in [6.45, 7) is 9.86. The minimum Gasteiger partial charge on any atom is -0.342 e. The van der Waals surface area contributed by atoms with Gasteiger partial charge in [-0.2, -0.15) is 0 Å². The van der Waals surface area contributed by atoms with E-state index in [2.05, 4.69) is 76.2 Å². The highest BCUT2D eigenvalue weighted by molar-refractivity contribution is 5.40. The lowest BCUT2D eigenvalue weighted by Crippen LogP contribution is -2.51. The zero-order valence-corrected chi connectivity index (χ0v) is 16.4. The maximum absolute atomic E-state index is 6.69. The summed E-state index contributed by atoms with van der Waals surface area (Å²) in [4.78, 5) is 0. The van der Waals surface area contributed by atoms with E-state index >= 15 is 0 Å². The Morgan fingerprint density at radius 3 is 2.46 bits per heavy atom. The first kappa shape index (κ1) is 17.8. The second-order valence-electron chi connectivity index (χ2n) is 8.18. The normalized spacial score (nSPS) is 33.4. The Morgan fingerprint density at radius 2 is 1.73 bits per heavy atom. The molecule has 5 unspecified atom stereocenters. The molecular formula is C24H30O2. The van der Waals surface area contributed by atoms with E-state index in [1.807, 2.05) is 0 Å². The van der Waals surface area contributed by atoms with E-state index in [1.165, 1.54) is 22.3 Å². The number of benzene rings is 2. The molecule has 2 aliphatic rings. The highest BCUT2D eigenvalue weighted by Gasteiger charge is 2.54. The van der Waals surface area contributed by atoms with Gasteiger partial charge in [0.25, 0.3) is 0 Å². The van der Waals surface area contributed by atoms with Crippen LogP contribution < -0.4 is 0 Å². The van der Waals surface area contributed by atoms with E-state index in [0.717, 1.165) is 12.8 Å². The number of hydrogen-bond donors (Lipinski definition) is 0. The SMILES string of the molecule is CCC1OC2(OCc3ccc(Cc4ccccc4)cc32)C(C)C(C)C1C. The summed E-state index contributed by atoms with van der Waals surface area (Å²) >= 11 is 0. The summed E-state index contributed by atoms with van der Waals surface area (Å²) in [5.41, 5.74) is 5.21. The molecule has 0 saturated carbocycles. The molecule has 0 radical (unpaired) electrons. The molecule has 4 rings (SSSR count). The average Bonchev–Trinajstić information content (AvgIpc) is 3.03. The quantitative estimate of drug-likeness (QED) is 0.709. The maximum atomic E-state index is 6.69. The molecule has 0 N–H and O–H groups in total. The maximum Gasteiger partial charge on any atom is 0.198 e. The van der Waals surface area contributed by atoms with Crippen LogP contribution in [0.25, 0.3) is 0 Å². The predicted octanol–water partition coefficient (Wildman–Crippen LogP) is 5.68. The van der Waals surface area contributed by atoms with Gasteiger partial charge in [0.05, 0.1) is 12.7 Å². The zero-order valence-electron chi connectivity index (χ0n) is 16.4. The van der Waals surface area contributed by atoms with E-state index < -0.39 is 5.79 Å². The highest BCUT2D eigenvalue weighted by Crippen LogP contribution is 2.52. The molecule has 2 nitrogen and oxygen atoms in total. The van der Waals surface area contributed by atoms with Gasteiger partial charge < -0.3 is 9.47 Å². The lowest BCUT2D eigenvalue weighted by Gasteiger charge is -2.49. The van der Waals surface area contributed by atoms with Crippen LogP contribution in [0.4, 0.5) is 0 Å². The lowest BCUT2D eigenvalue weighted by atomic mass is 9.72. The number of hydrogen-bond acceptors (Lipinski definition) is 2. The third-order valence-corrected chi connectivity index (χ3v) is 6.78. The molecule has 1 fully saturated rings. The van der Waals surface area contributed by atoms with Gasteiger partial charge in [-0.15, -0.1) is 0 Å². The van der Waals surface area contributed by atoms with Crippen LogP contribution in [0.5, 0.6) is 0 Å². The number of ether oxygens (including phenoxy) is 2. The fraction of sp³-hybridized carbons (Fsp3) is 0.500. The molecule has 0 amide bonds. The largest absolute Gasteiger partial charge is 0.342 e. The second kappa shape index (κ2) is 6.83. The van der Waals surface area contributed by atoms with Crippen molar-refractivity contribution in [3.8, 4) is 0 Å². The smallest absolute Gasteiger partial charge is 0.198 e. The van der Waals surface area contributed by atoms with E-state index in [4.69, 9.17) is 9.47 Å². The molecule has 5 atom stereocenters. The summed E-state index contributed by atoms with van der Waals surface area (Å²) in [6.07, 6.45) is 2.23. The van der Waals surface area contributed by atoms with Gasteiger partial charge in [0.1, 0.15) is 0 Å². The monoisotopic (exact) mass is 350 g/mol. The fourth-order valence-electron chi connectivity index (χ4n) is 4.79. The van der Waals surface area contributed by atoms with E-state index in [0.29, 0.717) is 24.4 Å². The van der Waals surface area contributed by atoms with E-state index in [9.17, 15) is 0 Å². The van der Waals surface area contributed by atoms with Crippen molar-refractivity contribution in [3.63, 3.8) is 0 Å². The first-order valence-electron chi connectivity index (χ1n) is 10.0. The van der Waals surface area contributed by atoms with Gasteiger partial charge in [-0.25, -0.2) is 0 Å². The van der Waals surface area contributed by atoms with Crippen molar-refractivity contribution in [2.75, 3.05) is 0 Å². The molecule has 2 heterocycles. The number of rotatable bonds is 3. The predicted molar refractivity (Wildman–Crippen MR) is 105 cm³/mol. The van der Waals surface area contributed by atoms with Gasteiger partial charge in [0, 0.05) is 11.5 Å². The van der Waals surface area contributed by atoms with Crippen LogP contribution >= 0.6 is 0 Å². The van der Waals surface area contributed by atoms with Gasteiger partial charge in [0.2, 0.25) is 0 Å². The van der Waals surface area contributed by atoms with Crippen LogP contribution in [-0.2, 0) is 28.3 Å². The first-order chi connectivity index (χ1) is 12.5. The average molecular weight is 351 g/mol. The molecule has 0 aliphatic carbocycles. The Morgan fingerprint density at radius 1 is 0.962 bits per heavy atom. The molecule has 1 saturated heterocycles. The van der Waals surface area contributed by atoms with Crippen LogP contribution in [-0.4, -0.2) is 6.10 Å². The Kier molecular flexibility index (Phi) is 4.66. The Balaban J connectivity index is 1.70. The molecule has 138 valence electrons. The van der Waals surface area contributed by atoms with E-state index in [-0.39, 0.29) is 6.10 Å². The van der Waals surface area contributed by atoms with Crippen molar-refractivity contribution in [1.29, 1.82) is 0 Å². The molecule has 0 aromatic heterocycles. The lowest BCUT2D eigenvalue weighted by molar-refractivity contribution is -0.331. The third-order valence-electron chi connectivity index (χ3n) is 6.78. The van der Waals surface area contributed by atoms with Crippen molar-refractivity contribution in [3.05, 3.63) is 70.8 Å². The van der Waals surface area contributed by atoms with Crippen molar-refractivity contribution in [1.82, 2.24) is 0 Å². The fourth-order valence-corrected chi connectivity index (χ4v) is 4.79. The molecule has 0 bridgehead atoms. The van der Waals surface area contributed by atoms with Gasteiger partial charge in [-0.1, -0.05) is 70.2 Å². The molecule has 1 spiro atoms. The van der Waals surface area contributed by atoms with Crippen molar-refractivity contribution >= 4 is 0 Å². The molecule has 2 aliphatic heterocycles. The van der Waals surface area contributed by atoms with Crippen LogP contribution in [0.1, 0.15) is 56.4 Å². The van der Waals surface area contributed by atoms with Gasteiger partial charge in [-0.05, 0) is 47.4 Å². The summed E-state index contributed by atoms with van der Waals surface area (Å²) in [7, 11) is 0. The van der Waals surface area contributed by atoms with Crippen LogP contribution in [0.15, 0.2) is 48.5 Å². The van der Waals surface area contributed by atoms with Crippen molar-refractivity contribution in [2.24, 2.45) is 17.8 Å². The summed E-state index contributed by atoms with van der Waals surface area (Å²) < 4.78 is 13.1. The van der Waals surface area contributed by atoms with Crippen LogP contribution in [0, 0.1) is 17.8 Å². The third kappa shape index (κ3) is 2.80. The van der Waals surface area contributed by atoms with Gasteiger partial charge in [0.15, 0.2) is 5.79 Å². The Hall–Kier alpha value is -1.64.